The van der Waals surface area contributed by atoms with E-state index in [0.717, 1.165) is 43.9 Å². The van der Waals surface area contributed by atoms with Crippen molar-refractivity contribution in [3.8, 4) is 22.5 Å². The molecule has 0 radical (unpaired) electrons. The van der Waals surface area contributed by atoms with Gasteiger partial charge in [-0.1, -0.05) is 12.8 Å². The fraction of sp³-hybridized carbons (Fsp3) is 0.364. The van der Waals surface area contributed by atoms with Crippen molar-refractivity contribution < 1.29 is 13.5 Å². The number of hydrogen-bond donors (Lipinski definition) is 1. The monoisotopic (exact) mass is 399 g/mol. The molecule has 0 amide bonds. The van der Waals surface area contributed by atoms with E-state index >= 15 is 0 Å². The summed E-state index contributed by atoms with van der Waals surface area (Å²) < 4.78 is 35.9. The quantitative estimate of drug-likeness (QED) is 0.669. The Morgan fingerprint density at radius 3 is 2.69 bits per heavy atom. The molecule has 1 fully saturated rings. The lowest BCUT2D eigenvalue weighted by atomic mass is 9.87. The van der Waals surface area contributed by atoms with Gasteiger partial charge < -0.3 is 14.3 Å². The van der Waals surface area contributed by atoms with Crippen molar-refractivity contribution in [2.24, 2.45) is 5.41 Å². The molecule has 3 aromatic rings. The second-order valence-electron chi connectivity index (χ2n) is 7.78. The third kappa shape index (κ3) is 3.87. The second kappa shape index (κ2) is 7.91. The Morgan fingerprint density at radius 1 is 1.21 bits per heavy atom. The standard InChI is InChI=1S/C22H23F2N3O2/c1-29-13-22(8-2-3-9-22)12-27-14-26-20(17-10-16(23)5-6-18(17)24)21(27)15-4-7-19(28)25-11-15/h4-7,10-11,14H,2-3,8-9,12-13H2,1H3,(H,25,28). The SMILES string of the molecule is COCC1(Cn2cnc(-c3cc(F)ccc3F)c2-c2ccc(=O)[nH]c2)CCCC1. The third-order valence-electron chi connectivity index (χ3n) is 5.70. The minimum Gasteiger partial charge on any atom is -0.384 e. The Hall–Kier alpha value is -2.80. The minimum atomic E-state index is -0.546. The molecule has 0 atom stereocenters. The summed E-state index contributed by atoms with van der Waals surface area (Å²) in [6, 6.07) is 6.42. The van der Waals surface area contributed by atoms with E-state index in [-0.39, 0.29) is 16.5 Å². The van der Waals surface area contributed by atoms with Crippen molar-refractivity contribution in [1.82, 2.24) is 14.5 Å². The van der Waals surface area contributed by atoms with E-state index in [4.69, 9.17) is 4.74 Å². The van der Waals surface area contributed by atoms with Crippen LogP contribution in [-0.2, 0) is 11.3 Å². The number of benzene rings is 1. The molecule has 1 aromatic carbocycles. The highest BCUT2D eigenvalue weighted by Crippen LogP contribution is 2.42. The fourth-order valence-electron chi connectivity index (χ4n) is 4.38. The van der Waals surface area contributed by atoms with Crippen LogP contribution in [0.4, 0.5) is 8.78 Å². The molecule has 152 valence electrons. The number of hydrogen-bond acceptors (Lipinski definition) is 3. The molecule has 1 aliphatic rings. The Balaban J connectivity index is 1.86. The topological polar surface area (TPSA) is 59.9 Å². The Morgan fingerprint density at radius 2 is 2.00 bits per heavy atom. The van der Waals surface area contributed by atoms with E-state index in [1.54, 1.807) is 25.7 Å². The molecule has 0 unspecified atom stereocenters. The molecule has 0 bridgehead atoms. The first-order valence-electron chi connectivity index (χ1n) is 9.70. The molecule has 1 aliphatic carbocycles. The number of rotatable bonds is 6. The predicted molar refractivity (Wildman–Crippen MR) is 106 cm³/mol. The summed E-state index contributed by atoms with van der Waals surface area (Å²) in [4.78, 5) is 18.6. The van der Waals surface area contributed by atoms with E-state index in [1.807, 2.05) is 4.57 Å². The van der Waals surface area contributed by atoms with Gasteiger partial charge in [0.1, 0.15) is 11.6 Å². The van der Waals surface area contributed by atoms with E-state index in [1.165, 1.54) is 6.07 Å². The Bertz CT molecular complexity index is 1050. The van der Waals surface area contributed by atoms with Crippen molar-refractivity contribution >= 4 is 0 Å². The summed E-state index contributed by atoms with van der Waals surface area (Å²) in [6.07, 6.45) is 7.58. The lowest BCUT2D eigenvalue weighted by Gasteiger charge is -2.29. The summed E-state index contributed by atoms with van der Waals surface area (Å²) in [5.74, 6) is -1.08. The Kier molecular flexibility index (Phi) is 5.32. The number of nitrogens with zero attached hydrogens (tertiary/aromatic N) is 2. The van der Waals surface area contributed by atoms with Crippen LogP contribution in [-0.4, -0.2) is 28.3 Å². The molecule has 1 saturated carbocycles. The van der Waals surface area contributed by atoms with Crippen LogP contribution in [0.3, 0.4) is 0 Å². The van der Waals surface area contributed by atoms with Crippen LogP contribution in [0.2, 0.25) is 0 Å². The van der Waals surface area contributed by atoms with Crippen LogP contribution in [0.15, 0.2) is 47.7 Å². The molecule has 0 spiro atoms. The second-order valence-corrected chi connectivity index (χ2v) is 7.78. The minimum absolute atomic E-state index is 0.0237. The van der Waals surface area contributed by atoms with Crippen LogP contribution >= 0.6 is 0 Å². The van der Waals surface area contributed by atoms with Crippen molar-refractivity contribution in [2.75, 3.05) is 13.7 Å². The van der Waals surface area contributed by atoms with E-state index in [2.05, 4.69) is 9.97 Å². The van der Waals surface area contributed by atoms with Crippen molar-refractivity contribution in [3.63, 3.8) is 0 Å². The highest BCUT2D eigenvalue weighted by Gasteiger charge is 2.35. The normalized spacial score (nSPS) is 15.7. The molecule has 2 aromatic heterocycles. The summed E-state index contributed by atoms with van der Waals surface area (Å²) >= 11 is 0. The maximum absolute atomic E-state index is 14.5. The van der Waals surface area contributed by atoms with Crippen LogP contribution < -0.4 is 5.56 Å². The zero-order chi connectivity index (χ0) is 20.4. The molecular formula is C22H23F2N3O2. The maximum Gasteiger partial charge on any atom is 0.247 e. The average Bonchev–Trinajstić information content (AvgIpc) is 3.32. The van der Waals surface area contributed by atoms with Crippen LogP contribution in [0, 0.1) is 17.0 Å². The van der Waals surface area contributed by atoms with Crippen LogP contribution in [0.1, 0.15) is 25.7 Å². The van der Waals surface area contributed by atoms with Gasteiger partial charge in [0.25, 0.3) is 0 Å². The number of ether oxygens (including phenoxy) is 1. The van der Waals surface area contributed by atoms with Gasteiger partial charge in [0.2, 0.25) is 5.56 Å². The van der Waals surface area contributed by atoms with Gasteiger partial charge in [-0.15, -0.1) is 0 Å². The smallest absolute Gasteiger partial charge is 0.247 e. The molecule has 7 heteroatoms. The number of pyridine rings is 1. The molecule has 5 nitrogen and oxygen atoms in total. The van der Waals surface area contributed by atoms with Gasteiger partial charge in [0, 0.05) is 42.5 Å². The van der Waals surface area contributed by atoms with Gasteiger partial charge in [-0.2, -0.15) is 0 Å². The number of methoxy groups -OCH3 is 1. The van der Waals surface area contributed by atoms with E-state index in [9.17, 15) is 13.6 Å². The number of imidazole rings is 1. The van der Waals surface area contributed by atoms with Crippen LogP contribution in [0.5, 0.6) is 0 Å². The highest BCUT2D eigenvalue weighted by atomic mass is 19.1. The van der Waals surface area contributed by atoms with Gasteiger partial charge in [-0.05, 0) is 37.1 Å². The molecule has 2 heterocycles. The Labute approximate surface area is 167 Å². The third-order valence-corrected chi connectivity index (χ3v) is 5.70. The molecular weight excluding hydrogens is 376 g/mol. The number of H-pyrrole nitrogens is 1. The zero-order valence-corrected chi connectivity index (χ0v) is 16.3. The predicted octanol–water partition coefficient (Wildman–Crippen LogP) is 4.39. The first kappa shape index (κ1) is 19.5. The number of halogens is 2. The summed E-state index contributed by atoms with van der Waals surface area (Å²) in [5, 5.41) is 0. The summed E-state index contributed by atoms with van der Waals surface area (Å²) in [5.41, 5.74) is 1.52. The highest BCUT2D eigenvalue weighted by molar-refractivity contribution is 5.78. The number of aromatic nitrogens is 3. The van der Waals surface area contributed by atoms with Gasteiger partial charge in [0.05, 0.1) is 24.3 Å². The average molecular weight is 399 g/mol. The van der Waals surface area contributed by atoms with E-state index in [0.29, 0.717) is 30.1 Å². The number of aromatic amines is 1. The van der Waals surface area contributed by atoms with Crippen LogP contribution in [0.25, 0.3) is 22.5 Å². The lowest BCUT2D eigenvalue weighted by molar-refractivity contribution is 0.0701. The fourth-order valence-corrected chi connectivity index (χ4v) is 4.38. The van der Waals surface area contributed by atoms with E-state index < -0.39 is 11.6 Å². The zero-order valence-electron chi connectivity index (χ0n) is 16.3. The van der Waals surface area contributed by atoms with Gasteiger partial charge in [0.15, 0.2) is 0 Å². The largest absolute Gasteiger partial charge is 0.384 e. The lowest BCUT2D eigenvalue weighted by Crippen LogP contribution is -2.28. The van der Waals surface area contributed by atoms with Gasteiger partial charge in [-0.3, -0.25) is 4.79 Å². The number of nitrogens with one attached hydrogen (secondary N) is 1. The van der Waals surface area contributed by atoms with Crippen molar-refractivity contribution in [3.05, 3.63) is 64.8 Å². The first-order chi connectivity index (χ1) is 14.0. The first-order valence-corrected chi connectivity index (χ1v) is 9.70. The molecule has 29 heavy (non-hydrogen) atoms. The molecule has 0 aliphatic heterocycles. The molecule has 4 rings (SSSR count). The summed E-state index contributed by atoms with van der Waals surface area (Å²) in [6.45, 7) is 1.28. The van der Waals surface area contributed by atoms with Gasteiger partial charge in [-0.25, -0.2) is 13.8 Å². The molecule has 0 saturated heterocycles. The van der Waals surface area contributed by atoms with Crippen molar-refractivity contribution in [2.45, 2.75) is 32.2 Å². The molecule has 1 N–H and O–H groups in total. The summed E-state index contributed by atoms with van der Waals surface area (Å²) in [7, 11) is 1.70. The maximum atomic E-state index is 14.5. The van der Waals surface area contributed by atoms with Crippen molar-refractivity contribution in [1.29, 1.82) is 0 Å². The van der Waals surface area contributed by atoms with Gasteiger partial charge >= 0.3 is 0 Å².